The van der Waals surface area contributed by atoms with E-state index in [-0.39, 0.29) is 5.41 Å². The summed E-state index contributed by atoms with van der Waals surface area (Å²) in [6.45, 7) is 6.17. The lowest BCUT2D eigenvalue weighted by atomic mass is 9.73. The Bertz CT molecular complexity index is 247. The first kappa shape index (κ1) is 14.3. The molecule has 0 aromatic rings. The van der Waals surface area contributed by atoms with Crippen LogP contribution in [-0.2, 0) is 0 Å². The van der Waals surface area contributed by atoms with Crippen LogP contribution < -0.4 is 5.32 Å². The van der Waals surface area contributed by atoms with Crippen molar-refractivity contribution in [2.75, 3.05) is 13.2 Å². The molecule has 106 valence electrons. The van der Waals surface area contributed by atoms with E-state index in [4.69, 9.17) is 0 Å². The Morgan fingerprint density at radius 3 is 2.44 bits per heavy atom. The van der Waals surface area contributed by atoms with Crippen molar-refractivity contribution in [2.24, 2.45) is 17.3 Å². The third-order valence-electron chi connectivity index (χ3n) is 5.42. The average molecular weight is 253 g/mol. The fraction of sp³-hybridized carbons (Fsp3) is 1.00. The molecule has 0 aromatic carbocycles. The van der Waals surface area contributed by atoms with Crippen LogP contribution in [0.5, 0.6) is 0 Å². The molecule has 2 rings (SSSR count). The highest BCUT2D eigenvalue weighted by Crippen LogP contribution is 2.36. The Kier molecular flexibility index (Phi) is 5.08. The molecule has 2 fully saturated rings. The Morgan fingerprint density at radius 1 is 1.11 bits per heavy atom. The number of aliphatic hydroxyl groups is 1. The zero-order valence-electron chi connectivity index (χ0n) is 12.3. The van der Waals surface area contributed by atoms with Crippen molar-refractivity contribution >= 4 is 0 Å². The summed E-state index contributed by atoms with van der Waals surface area (Å²) in [7, 11) is 0. The Labute approximate surface area is 113 Å². The van der Waals surface area contributed by atoms with Crippen molar-refractivity contribution in [1.29, 1.82) is 0 Å². The zero-order valence-corrected chi connectivity index (χ0v) is 12.3. The van der Waals surface area contributed by atoms with E-state index in [2.05, 4.69) is 19.2 Å². The van der Waals surface area contributed by atoms with Gasteiger partial charge in [0.1, 0.15) is 0 Å². The fourth-order valence-corrected chi connectivity index (χ4v) is 4.01. The average Bonchev–Trinajstić information content (AvgIpc) is 2.39. The summed E-state index contributed by atoms with van der Waals surface area (Å²) < 4.78 is 0. The second kappa shape index (κ2) is 6.38. The normalized spacial score (nSPS) is 36.5. The molecule has 0 heterocycles. The Balaban J connectivity index is 1.82. The van der Waals surface area contributed by atoms with Crippen LogP contribution >= 0.6 is 0 Å². The lowest BCUT2D eigenvalue weighted by molar-refractivity contribution is 0.0719. The minimum atomic E-state index is 0.195. The van der Waals surface area contributed by atoms with E-state index < -0.39 is 0 Å². The number of hydrogen-bond donors (Lipinski definition) is 2. The van der Waals surface area contributed by atoms with Gasteiger partial charge in [-0.2, -0.15) is 0 Å². The second-order valence-corrected chi connectivity index (χ2v) is 7.10. The number of hydrogen-bond acceptors (Lipinski definition) is 2. The molecule has 0 aliphatic heterocycles. The number of aliphatic hydroxyl groups excluding tert-OH is 1. The number of nitrogens with one attached hydrogen (secondary N) is 1. The molecule has 3 unspecified atom stereocenters. The van der Waals surface area contributed by atoms with Gasteiger partial charge in [0, 0.05) is 24.6 Å². The SMILES string of the molecule is CC1CCC(NCC2(CO)CCCCC2)C(C)C1. The van der Waals surface area contributed by atoms with Gasteiger partial charge in [-0.15, -0.1) is 0 Å². The number of rotatable bonds is 4. The van der Waals surface area contributed by atoms with Gasteiger partial charge in [-0.3, -0.25) is 0 Å². The quantitative estimate of drug-likeness (QED) is 0.805. The highest BCUT2D eigenvalue weighted by Gasteiger charge is 2.33. The van der Waals surface area contributed by atoms with Crippen molar-refractivity contribution in [3.8, 4) is 0 Å². The van der Waals surface area contributed by atoms with E-state index in [0.29, 0.717) is 12.6 Å². The van der Waals surface area contributed by atoms with Crippen molar-refractivity contribution in [2.45, 2.75) is 71.3 Å². The van der Waals surface area contributed by atoms with E-state index in [0.717, 1.165) is 18.4 Å². The first-order chi connectivity index (χ1) is 8.65. The molecule has 2 heteroatoms. The van der Waals surface area contributed by atoms with Crippen LogP contribution in [0, 0.1) is 17.3 Å². The van der Waals surface area contributed by atoms with Crippen LogP contribution in [-0.4, -0.2) is 24.3 Å². The van der Waals surface area contributed by atoms with Crippen LogP contribution in [0.25, 0.3) is 0 Å². The van der Waals surface area contributed by atoms with Crippen molar-refractivity contribution in [1.82, 2.24) is 5.32 Å². The summed E-state index contributed by atoms with van der Waals surface area (Å²) in [4.78, 5) is 0. The van der Waals surface area contributed by atoms with Crippen LogP contribution in [0.1, 0.15) is 65.2 Å². The van der Waals surface area contributed by atoms with Gasteiger partial charge in [0.15, 0.2) is 0 Å². The monoisotopic (exact) mass is 253 g/mol. The molecule has 2 aliphatic carbocycles. The second-order valence-electron chi connectivity index (χ2n) is 7.10. The molecule has 3 atom stereocenters. The summed E-state index contributed by atoms with van der Waals surface area (Å²) in [5.41, 5.74) is 0.195. The lowest BCUT2D eigenvalue weighted by Crippen LogP contribution is -2.46. The molecule has 0 radical (unpaired) electrons. The maximum absolute atomic E-state index is 9.74. The van der Waals surface area contributed by atoms with Gasteiger partial charge in [-0.05, 0) is 43.9 Å². The molecule has 2 aliphatic rings. The summed E-state index contributed by atoms with van der Waals surface area (Å²) >= 11 is 0. The van der Waals surface area contributed by atoms with Gasteiger partial charge < -0.3 is 10.4 Å². The fourth-order valence-electron chi connectivity index (χ4n) is 4.01. The van der Waals surface area contributed by atoms with Gasteiger partial charge in [0.25, 0.3) is 0 Å². The van der Waals surface area contributed by atoms with Crippen molar-refractivity contribution in [3.63, 3.8) is 0 Å². The van der Waals surface area contributed by atoms with Crippen LogP contribution in [0.3, 0.4) is 0 Å². The van der Waals surface area contributed by atoms with Crippen LogP contribution in [0.15, 0.2) is 0 Å². The lowest BCUT2D eigenvalue weighted by Gasteiger charge is -2.40. The summed E-state index contributed by atoms with van der Waals surface area (Å²) in [6.07, 6.45) is 10.5. The highest BCUT2D eigenvalue weighted by molar-refractivity contribution is 4.88. The standard InChI is InChI=1S/C16H31NO/c1-13-6-7-15(14(2)10-13)17-11-16(12-18)8-4-3-5-9-16/h13-15,17-18H,3-12H2,1-2H3. The minimum Gasteiger partial charge on any atom is -0.396 e. The summed E-state index contributed by atoms with van der Waals surface area (Å²) in [6, 6.07) is 0.687. The maximum Gasteiger partial charge on any atom is 0.0499 e. The predicted molar refractivity (Wildman–Crippen MR) is 76.6 cm³/mol. The first-order valence-electron chi connectivity index (χ1n) is 7.99. The molecule has 0 amide bonds. The van der Waals surface area contributed by atoms with Gasteiger partial charge in [-0.25, -0.2) is 0 Å². The zero-order chi connectivity index (χ0) is 13.0. The largest absolute Gasteiger partial charge is 0.396 e. The molecule has 0 aromatic heterocycles. The van der Waals surface area contributed by atoms with Gasteiger partial charge in [-0.1, -0.05) is 33.1 Å². The third-order valence-corrected chi connectivity index (χ3v) is 5.42. The third kappa shape index (κ3) is 3.48. The molecule has 18 heavy (non-hydrogen) atoms. The van der Waals surface area contributed by atoms with E-state index in [9.17, 15) is 5.11 Å². The molecular formula is C16H31NO. The van der Waals surface area contributed by atoms with E-state index in [1.54, 1.807) is 0 Å². The van der Waals surface area contributed by atoms with Crippen molar-refractivity contribution < 1.29 is 5.11 Å². The highest BCUT2D eigenvalue weighted by atomic mass is 16.3. The molecule has 0 spiro atoms. The molecule has 2 nitrogen and oxygen atoms in total. The maximum atomic E-state index is 9.74. The van der Waals surface area contributed by atoms with E-state index in [1.165, 1.54) is 51.4 Å². The minimum absolute atomic E-state index is 0.195. The molecule has 0 saturated heterocycles. The van der Waals surface area contributed by atoms with E-state index >= 15 is 0 Å². The Hall–Kier alpha value is -0.0800. The van der Waals surface area contributed by atoms with Gasteiger partial charge >= 0.3 is 0 Å². The molecule has 0 bridgehead atoms. The van der Waals surface area contributed by atoms with Crippen LogP contribution in [0.4, 0.5) is 0 Å². The molecular weight excluding hydrogens is 222 g/mol. The topological polar surface area (TPSA) is 32.3 Å². The predicted octanol–water partition coefficient (Wildman–Crippen LogP) is 3.34. The smallest absolute Gasteiger partial charge is 0.0499 e. The Morgan fingerprint density at radius 2 is 1.83 bits per heavy atom. The summed E-state index contributed by atoms with van der Waals surface area (Å²) in [5.74, 6) is 1.70. The van der Waals surface area contributed by atoms with Crippen molar-refractivity contribution in [3.05, 3.63) is 0 Å². The van der Waals surface area contributed by atoms with Gasteiger partial charge in [0.2, 0.25) is 0 Å². The summed E-state index contributed by atoms with van der Waals surface area (Å²) in [5, 5.41) is 13.5. The van der Waals surface area contributed by atoms with Gasteiger partial charge in [0.05, 0.1) is 0 Å². The molecule has 2 N–H and O–H groups in total. The van der Waals surface area contributed by atoms with E-state index in [1.807, 2.05) is 0 Å². The van der Waals surface area contributed by atoms with Crippen LogP contribution in [0.2, 0.25) is 0 Å². The first-order valence-corrected chi connectivity index (χ1v) is 7.99. The molecule has 2 saturated carbocycles.